The van der Waals surface area contributed by atoms with Gasteiger partial charge in [0.25, 0.3) is 0 Å². The molecular formula is C13H23NO3. The number of nitrogens with one attached hydrogen (secondary N) is 1. The smallest absolute Gasteiger partial charge is 0.220 e. The zero-order valence-electron chi connectivity index (χ0n) is 10.8. The number of amides is 1. The molecule has 0 aromatic carbocycles. The SMILES string of the molecule is CCC(=O)C(C)NC(=O)CCC1CCCCO1. The molecule has 0 bridgehead atoms. The van der Waals surface area contributed by atoms with Crippen LogP contribution in [0.4, 0.5) is 0 Å². The van der Waals surface area contributed by atoms with Gasteiger partial charge in [-0.2, -0.15) is 0 Å². The van der Waals surface area contributed by atoms with Crippen LogP contribution in [0, 0.1) is 0 Å². The summed E-state index contributed by atoms with van der Waals surface area (Å²) in [7, 11) is 0. The van der Waals surface area contributed by atoms with E-state index < -0.39 is 0 Å². The van der Waals surface area contributed by atoms with Crippen LogP contribution in [0.3, 0.4) is 0 Å². The summed E-state index contributed by atoms with van der Waals surface area (Å²) in [6.45, 7) is 4.36. The van der Waals surface area contributed by atoms with Crippen LogP contribution in [0.2, 0.25) is 0 Å². The summed E-state index contributed by atoms with van der Waals surface area (Å²) in [5, 5.41) is 2.73. The minimum atomic E-state index is -0.361. The summed E-state index contributed by atoms with van der Waals surface area (Å²) in [6, 6.07) is -0.361. The number of Topliss-reactive ketones (excluding diaryl/α,β-unsaturated/α-hetero) is 1. The fourth-order valence-corrected chi connectivity index (χ4v) is 2.03. The highest BCUT2D eigenvalue weighted by Crippen LogP contribution is 2.16. The number of rotatable bonds is 6. The van der Waals surface area contributed by atoms with Crippen LogP contribution in [0.5, 0.6) is 0 Å². The van der Waals surface area contributed by atoms with Crippen molar-refractivity contribution in [2.24, 2.45) is 0 Å². The molecule has 0 saturated carbocycles. The molecule has 1 aliphatic heterocycles. The van der Waals surface area contributed by atoms with Gasteiger partial charge >= 0.3 is 0 Å². The van der Waals surface area contributed by atoms with Crippen molar-refractivity contribution in [3.8, 4) is 0 Å². The van der Waals surface area contributed by atoms with Gasteiger partial charge in [0.1, 0.15) is 0 Å². The lowest BCUT2D eigenvalue weighted by Gasteiger charge is -2.22. The summed E-state index contributed by atoms with van der Waals surface area (Å²) in [5.41, 5.74) is 0. The molecule has 17 heavy (non-hydrogen) atoms. The van der Waals surface area contributed by atoms with Crippen molar-refractivity contribution in [2.75, 3.05) is 6.61 Å². The molecule has 0 spiro atoms. The van der Waals surface area contributed by atoms with Gasteiger partial charge in [-0.3, -0.25) is 9.59 Å². The Morgan fingerprint density at radius 2 is 2.18 bits per heavy atom. The second-order valence-corrected chi connectivity index (χ2v) is 4.64. The number of hydrogen-bond acceptors (Lipinski definition) is 3. The van der Waals surface area contributed by atoms with E-state index in [2.05, 4.69) is 5.32 Å². The third-order valence-corrected chi connectivity index (χ3v) is 3.18. The van der Waals surface area contributed by atoms with E-state index in [-0.39, 0.29) is 23.8 Å². The molecule has 1 heterocycles. The molecular weight excluding hydrogens is 218 g/mol. The highest BCUT2D eigenvalue weighted by atomic mass is 16.5. The Labute approximate surface area is 103 Å². The zero-order chi connectivity index (χ0) is 12.7. The molecule has 0 aromatic heterocycles. The van der Waals surface area contributed by atoms with E-state index in [9.17, 15) is 9.59 Å². The van der Waals surface area contributed by atoms with E-state index in [1.165, 1.54) is 6.42 Å². The molecule has 1 fully saturated rings. The van der Waals surface area contributed by atoms with Crippen molar-refractivity contribution >= 4 is 11.7 Å². The Balaban J connectivity index is 2.18. The average Bonchev–Trinajstić information content (AvgIpc) is 2.36. The molecule has 1 amide bonds. The summed E-state index contributed by atoms with van der Waals surface area (Å²) in [6.07, 6.45) is 5.28. The molecule has 1 rings (SSSR count). The zero-order valence-corrected chi connectivity index (χ0v) is 10.8. The lowest BCUT2D eigenvalue weighted by atomic mass is 10.0. The third kappa shape index (κ3) is 5.31. The molecule has 2 atom stereocenters. The molecule has 1 saturated heterocycles. The first-order valence-electron chi connectivity index (χ1n) is 6.57. The van der Waals surface area contributed by atoms with E-state index in [1.807, 2.05) is 0 Å². The maximum atomic E-state index is 11.6. The minimum Gasteiger partial charge on any atom is -0.378 e. The largest absolute Gasteiger partial charge is 0.378 e. The lowest BCUT2D eigenvalue weighted by Crippen LogP contribution is -2.38. The second-order valence-electron chi connectivity index (χ2n) is 4.64. The maximum Gasteiger partial charge on any atom is 0.220 e. The standard InChI is InChI=1S/C13H23NO3/c1-3-12(15)10(2)14-13(16)8-7-11-6-4-5-9-17-11/h10-11H,3-9H2,1-2H3,(H,14,16). The van der Waals surface area contributed by atoms with E-state index in [1.54, 1.807) is 13.8 Å². The molecule has 4 nitrogen and oxygen atoms in total. The number of ketones is 1. The predicted octanol–water partition coefficient (Wildman–Crippen LogP) is 1.82. The molecule has 0 aliphatic carbocycles. The minimum absolute atomic E-state index is 0.0477. The Hall–Kier alpha value is -0.900. The van der Waals surface area contributed by atoms with E-state index in [0.717, 1.165) is 25.9 Å². The van der Waals surface area contributed by atoms with Crippen molar-refractivity contribution in [1.29, 1.82) is 0 Å². The van der Waals surface area contributed by atoms with Crippen LogP contribution in [0.15, 0.2) is 0 Å². The highest BCUT2D eigenvalue weighted by Gasteiger charge is 2.17. The van der Waals surface area contributed by atoms with Crippen LogP contribution >= 0.6 is 0 Å². The van der Waals surface area contributed by atoms with Crippen molar-refractivity contribution in [3.63, 3.8) is 0 Å². The number of hydrogen-bond donors (Lipinski definition) is 1. The Bertz CT molecular complexity index is 259. The topological polar surface area (TPSA) is 55.4 Å². The molecule has 0 radical (unpaired) electrons. The van der Waals surface area contributed by atoms with Crippen LogP contribution in [-0.4, -0.2) is 30.4 Å². The second kappa shape index (κ2) is 7.43. The van der Waals surface area contributed by atoms with Gasteiger partial charge in [0.05, 0.1) is 12.1 Å². The molecule has 1 N–H and O–H groups in total. The molecule has 2 unspecified atom stereocenters. The van der Waals surface area contributed by atoms with Crippen molar-refractivity contribution < 1.29 is 14.3 Å². The number of carbonyl (C=O) groups is 2. The first kappa shape index (κ1) is 14.2. The van der Waals surface area contributed by atoms with Crippen molar-refractivity contribution in [3.05, 3.63) is 0 Å². The molecule has 0 aromatic rings. The normalized spacial score (nSPS) is 21.9. The quantitative estimate of drug-likeness (QED) is 0.771. The van der Waals surface area contributed by atoms with E-state index in [0.29, 0.717) is 12.8 Å². The predicted molar refractivity (Wildman–Crippen MR) is 65.7 cm³/mol. The Morgan fingerprint density at radius 3 is 2.76 bits per heavy atom. The van der Waals surface area contributed by atoms with Gasteiger partial charge < -0.3 is 10.1 Å². The fraction of sp³-hybridized carbons (Fsp3) is 0.846. The van der Waals surface area contributed by atoms with Crippen molar-refractivity contribution in [1.82, 2.24) is 5.32 Å². The van der Waals surface area contributed by atoms with Gasteiger partial charge in [-0.25, -0.2) is 0 Å². The van der Waals surface area contributed by atoms with Crippen LogP contribution in [0.25, 0.3) is 0 Å². The van der Waals surface area contributed by atoms with Crippen molar-refractivity contribution in [2.45, 2.75) is 64.5 Å². The van der Waals surface area contributed by atoms with Gasteiger partial charge in [-0.15, -0.1) is 0 Å². The van der Waals surface area contributed by atoms with Gasteiger partial charge in [0.2, 0.25) is 5.91 Å². The number of carbonyl (C=O) groups excluding carboxylic acids is 2. The van der Waals surface area contributed by atoms with E-state index >= 15 is 0 Å². The lowest BCUT2D eigenvalue weighted by molar-refractivity contribution is -0.127. The first-order chi connectivity index (χ1) is 8.13. The third-order valence-electron chi connectivity index (χ3n) is 3.18. The maximum absolute atomic E-state index is 11.6. The molecule has 1 aliphatic rings. The monoisotopic (exact) mass is 241 g/mol. The van der Waals surface area contributed by atoms with Gasteiger partial charge in [0, 0.05) is 19.4 Å². The fourth-order valence-electron chi connectivity index (χ4n) is 2.03. The van der Waals surface area contributed by atoms with Gasteiger partial charge in [-0.1, -0.05) is 6.92 Å². The molecule has 4 heteroatoms. The summed E-state index contributed by atoms with van der Waals surface area (Å²) >= 11 is 0. The molecule has 98 valence electrons. The summed E-state index contributed by atoms with van der Waals surface area (Å²) < 4.78 is 5.56. The number of ether oxygens (including phenoxy) is 1. The van der Waals surface area contributed by atoms with Gasteiger partial charge in [-0.05, 0) is 32.6 Å². The average molecular weight is 241 g/mol. The van der Waals surface area contributed by atoms with Gasteiger partial charge in [0.15, 0.2) is 5.78 Å². The van der Waals surface area contributed by atoms with Crippen LogP contribution < -0.4 is 5.32 Å². The van der Waals surface area contributed by atoms with Crippen LogP contribution in [0.1, 0.15) is 52.4 Å². The first-order valence-corrected chi connectivity index (χ1v) is 6.57. The summed E-state index contributed by atoms with van der Waals surface area (Å²) in [4.78, 5) is 22.9. The van der Waals surface area contributed by atoms with Crippen LogP contribution in [-0.2, 0) is 14.3 Å². The summed E-state index contributed by atoms with van der Waals surface area (Å²) in [5.74, 6) is 0.0285. The van der Waals surface area contributed by atoms with E-state index in [4.69, 9.17) is 4.74 Å². The highest BCUT2D eigenvalue weighted by molar-refractivity contribution is 5.88. The Morgan fingerprint density at radius 1 is 1.41 bits per heavy atom. The Kier molecular flexibility index (Phi) is 6.19.